The zero-order chi connectivity index (χ0) is 12.3. The van der Waals surface area contributed by atoms with Gasteiger partial charge in [-0.25, -0.2) is 0 Å². The lowest BCUT2D eigenvalue weighted by Crippen LogP contribution is -2.28. The van der Waals surface area contributed by atoms with E-state index in [0.717, 1.165) is 6.54 Å². The molecule has 0 fully saturated rings. The van der Waals surface area contributed by atoms with Gasteiger partial charge < -0.3 is 15.5 Å². The van der Waals surface area contributed by atoms with E-state index in [1.54, 1.807) is 0 Å². The first-order valence-corrected chi connectivity index (χ1v) is 5.66. The summed E-state index contributed by atoms with van der Waals surface area (Å²) in [5.74, 6) is 1.04. The predicted molar refractivity (Wildman–Crippen MR) is 64.0 cm³/mol. The average Bonchev–Trinajstić information content (AvgIpc) is 2.63. The van der Waals surface area contributed by atoms with Crippen molar-refractivity contribution >= 4 is 6.01 Å². The van der Waals surface area contributed by atoms with Crippen molar-refractivity contribution in [3.63, 3.8) is 0 Å². The van der Waals surface area contributed by atoms with Gasteiger partial charge in [0.15, 0.2) is 0 Å². The van der Waals surface area contributed by atoms with Crippen LogP contribution in [0.25, 0.3) is 0 Å². The van der Waals surface area contributed by atoms with Gasteiger partial charge in [0.25, 0.3) is 0 Å². The number of aromatic nitrogens is 2. The van der Waals surface area contributed by atoms with E-state index in [4.69, 9.17) is 10.2 Å². The molecule has 0 aromatic carbocycles. The fourth-order valence-electron chi connectivity index (χ4n) is 0.998. The smallest absolute Gasteiger partial charge is 0.315 e. The number of nitrogens with zero attached hydrogens (tertiary/aromatic N) is 2. The van der Waals surface area contributed by atoms with Crippen LogP contribution in [0, 0.1) is 11.3 Å². The van der Waals surface area contributed by atoms with Crippen molar-refractivity contribution in [2.45, 2.75) is 40.7 Å². The Morgan fingerprint density at radius 3 is 2.38 bits per heavy atom. The largest absolute Gasteiger partial charge is 0.406 e. The second-order valence-corrected chi connectivity index (χ2v) is 5.23. The van der Waals surface area contributed by atoms with Gasteiger partial charge in [0.05, 0.1) is 6.04 Å². The topological polar surface area (TPSA) is 77.0 Å². The molecule has 1 heterocycles. The summed E-state index contributed by atoms with van der Waals surface area (Å²) in [5, 5.41) is 10.9. The molecule has 5 heteroatoms. The minimum atomic E-state index is -0.221. The molecule has 5 nitrogen and oxygen atoms in total. The van der Waals surface area contributed by atoms with Crippen molar-refractivity contribution in [1.29, 1.82) is 0 Å². The SMILES string of the molecule is CC(N)c1nnc(NCC(C)(C)C(C)C)o1. The van der Waals surface area contributed by atoms with E-state index in [1.165, 1.54) is 0 Å². The van der Waals surface area contributed by atoms with Crippen molar-refractivity contribution in [1.82, 2.24) is 10.2 Å². The zero-order valence-corrected chi connectivity index (χ0v) is 10.7. The molecule has 92 valence electrons. The molecule has 0 aliphatic heterocycles. The van der Waals surface area contributed by atoms with Crippen molar-refractivity contribution in [2.75, 3.05) is 11.9 Å². The molecule has 1 rings (SSSR count). The monoisotopic (exact) mass is 226 g/mol. The third-order valence-corrected chi connectivity index (χ3v) is 3.09. The molecule has 0 aliphatic carbocycles. The van der Waals surface area contributed by atoms with E-state index in [0.29, 0.717) is 17.8 Å². The summed E-state index contributed by atoms with van der Waals surface area (Å²) in [7, 11) is 0. The lowest BCUT2D eigenvalue weighted by molar-refractivity contribution is 0.267. The molecular weight excluding hydrogens is 204 g/mol. The van der Waals surface area contributed by atoms with Crippen molar-refractivity contribution in [3.8, 4) is 0 Å². The molecule has 0 radical (unpaired) electrons. The van der Waals surface area contributed by atoms with Crippen LogP contribution >= 0.6 is 0 Å². The fraction of sp³-hybridized carbons (Fsp3) is 0.818. The summed E-state index contributed by atoms with van der Waals surface area (Å²) in [4.78, 5) is 0. The summed E-state index contributed by atoms with van der Waals surface area (Å²) in [6, 6.07) is 0.224. The van der Waals surface area contributed by atoms with Gasteiger partial charge in [-0.2, -0.15) is 0 Å². The Morgan fingerprint density at radius 2 is 1.94 bits per heavy atom. The maximum Gasteiger partial charge on any atom is 0.315 e. The summed E-state index contributed by atoms with van der Waals surface area (Å²) >= 11 is 0. The first-order valence-electron chi connectivity index (χ1n) is 5.66. The van der Waals surface area contributed by atoms with Gasteiger partial charge in [-0.3, -0.25) is 0 Å². The van der Waals surface area contributed by atoms with Crippen LogP contribution in [0.5, 0.6) is 0 Å². The van der Waals surface area contributed by atoms with Gasteiger partial charge in [-0.05, 0) is 18.3 Å². The Balaban J connectivity index is 2.55. The number of nitrogens with one attached hydrogen (secondary N) is 1. The predicted octanol–water partition coefficient (Wildman–Crippen LogP) is 2.18. The third-order valence-electron chi connectivity index (χ3n) is 3.09. The van der Waals surface area contributed by atoms with E-state index < -0.39 is 0 Å². The van der Waals surface area contributed by atoms with E-state index in [9.17, 15) is 0 Å². The molecule has 0 spiro atoms. The lowest BCUT2D eigenvalue weighted by Gasteiger charge is -2.28. The maximum atomic E-state index is 5.63. The van der Waals surface area contributed by atoms with E-state index in [2.05, 4.69) is 43.2 Å². The third kappa shape index (κ3) is 3.20. The summed E-state index contributed by atoms with van der Waals surface area (Å²) < 4.78 is 5.36. The highest BCUT2D eigenvalue weighted by Gasteiger charge is 2.23. The standard InChI is InChI=1S/C11H22N4O/c1-7(2)11(4,5)6-13-10-15-14-9(16-10)8(3)12/h7-8H,6,12H2,1-5H3,(H,13,15). The normalized spacial score (nSPS) is 14.2. The van der Waals surface area contributed by atoms with Crippen molar-refractivity contribution in [3.05, 3.63) is 5.89 Å². The molecule has 0 saturated carbocycles. The van der Waals surface area contributed by atoms with Crippen LogP contribution in [0.15, 0.2) is 4.42 Å². The molecule has 0 saturated heterocycles. The summed E-state index contributed by atoms with van der Waals surface area (Å²) in [6.07, 6.45) is 0. The number of hydrogen-bond donors (Lipinski definition) is 2. The van der Waals surface area contributed by atoms with Gasteiger partial charge in [-0.1, -0.05) is 32.8 Å². The van der Waals surface area contributed by atoms with Crippen LogP contribution in [0.4, 0.5) is 6.01 Å². The summed E-state index contributed by atoms with van der Waals surface area (Å²) in [6.45, 7) is 11.4. The fourth-order valence-corrected chi connectivity index (χ4v) is 0.998. The minimum absolute atomic E-state index is 0.183. The number of nitrogens with two attached hydrogens (primary N) is 1. The van der Waals surface area contributed by atoms with Gasteiger partial charge in [0, 0.05) is 6.54 Å². The molecule has 1 aromatic rings. The highest BCUT2D eigenvalue weighted by atomic mass is 16.4. The molecule has 1 aromatic heterocycles. The molecule has 3 N–H and O–H groups in total. The van der Waals surface area contributed by atoms with Gasteiger partial charge in [0.2, 0.25) is 5.89 Å². The Kier molecular flexibility index (Phi) is 3.91. The van der Waals surface area contributed by atoms with Crippen molar-refractivity contribution in [2.24, 2.45) is 17.1 Å². The quantitative estimate of drug-likeness (QED) is 0.804. The lowest BCUT2D eigenvalue weighted by atomic mass is 9.81. The number of rotatable bonds is 5. The van der Waals surface area contributed by atoms with Gasteiger partial charge in [-0.15, -0.1) is 5.10 Å². The highest BCUT2D eigenvalue weighted by molar-refractivity contribution is 5.18. The first kappa shape index (κ1) is 13.0. The average molecular weight is 226 g/mol. The molecule has 0 bridgehead atoms. The molecule has 1 atom stereocenters. The zero-order valence-electron chi connectivity index (χ0n) is 10.7. The molecular formula is C11H22N4O. The second kappa shape index (κ2) is 4.82. The van der Waals surface area contributed by atoms with Crippen LogP contribution in [-0.2, 0) is 0 Å². The minimum Gasteiger partial charge on any atom is -0.406 e. The van der Waals surface area contributed by atoms with Crippen LogP contribution in [0.2, 0.25) is 0 Å². The molecule has 0 aliphatic rings. The van der Waals surface area contributed by atoms with Gasteiger partial charge in [0.1, 0.15) is 0 Å². The Morgan fingerprint density at radius 1 is 1.31 bits per heavy atom. The molecule has 0 amide bonds. The Hall–Kier alpha value is -1.10. The Labute approximate surface area is 96.8 Å². The molecule has 16 heavy (non-hydrogen) atoms. The second-order valence-electron chi connectivity index (χ2n) is 5.23. The van der Waals surface area contributed by atoms with Crippen LogP contribution < -0.4 is 11.1 Å². The highest BCUT2D eigenvalue weighted by Crippen LogP contribution is 2.26. The van der Waals surface area contributed by atoms with Crippen LogP contribution in [0.1, 0.15) is 46.6 Å². The van der Waals surface area contributed by atoms with Crippen molar-refractivity contribution < 1.29 is 4.42 Å². The maximum absolute atomic E-state index is 5.63. The van der Waals surface area contributed by atoms with Crippen LogP contribution in [0.3, 0.4) is 0 Å². The molecule has 1 unspecified atom stereocenters. The van der Waals surface area contributed by atoms with E-state index in [1.807, 2.05) is 6.92 Å². The van der Waals surface area contributed by atoms with Crippen LogP contribution in [-0.4, -0.2) is 16.7 Å². The first-order chi connectivity index (χ1) is 7.33. The summed E-state index contributed by atoms with van der Waals surface area (Å²) in [5.41, 5.74) is 5.82. The Bertz CT molecular complexity index is 330. The van der Waals surface area contributed by atoms with Gasteiger partial charge >= 0.3 is 6.01 Å². The number of hydrogen-bond acceptors (Lipinski definition) is 5. The van der Waals surface area contributed by atoms with E-state index >= 15 is 0 Å². The van der Waals surface area contributed by atoms with E-state index in [-0.39, 0.29) is 11.5 Å². The number of anilines is 1.